The molecule has 0 aliphatic heterocycles. The van der Waals surface area contributed by atoms with E-state index in [1.807, 2.05) is 0 Å². The van der Waals surface area contributed by atoms with Crippen molar-refractivity contribution in [1.29, 1.82) is 0 Å². The van der Waals surface area contributed by atoms with Gasteiger partial charge in [0, 0.05) is 24.1 Å². The highest BCUT2D eigenvalue weighted by atomic mass is 16.5. The van der Waals surface area contributed by atoms with Gasteiger partial charge < -0.3 is 19.3 Å². The van der Waals surface area contributed by atoms with E-state index >= 15 is 0 Å². The van der Waals surface area contributed by atoms with Crippen LogP contribution in [-0.2, 0) is 6.42 Å². The maximum atomic E-state index is 9.43. The van der Waals surface area contributed by atoms with Gasteiger partial charge in [-0.25, -0.2) is 0 Å². The van der Waals surface area contributed by atoms with E-state index in [2.05, 4.69) is 0 Å². The summed E-state index contributed by atoms with van der Waals surface area (Å²) < 4.78 is 15.7. The lowest BCUT2D eigenvalue weighted by Crippen LogP contribution is -2.07. The Balaban J connectivity index is 3.20. The zero-order valence-corrected chi connectivity index (χ0v) is 10.1. The average Bonchev–Trinajstić information content (AvgIpc) is 2.28. The van der Waals surface area contributed by atoms with Crippen molar-refractivity contribution in [3.05, 3.63) is 17.7 Å². The smallest absolute Gasteiger partial charge is 0.129 e. The van der Waals surface area contributed by atoms with Crippen LogP contribution in [0.3, 0.4) is 0 Å². The number of ether oxygens (including phenoxy) is 3. The molecule has 0 fully saturated rings. The number of methoxy groups -OCH3 is 3. The highest BCUT2D eigenvalue weighted by Gasteiger charge is 2.14. The summed E-state index contributed by atoms with van der Waals surface area (Å²) in [6.07, 6.45) is 0.0345. The molecule has 0 radical (unpaired) electrons. The van der Waals surface area contributed by atoms with Crippen LogP contribution in [-0.4, -0.2) is 32.5 Å². The molecule has 0 saturated carbocycles. The molecule has 4 heteroatoms. The van der Waals surface area contributed by atoms with Gasteiger partial charge in [0.2, 0.25) is 0 Å². The lowest BCUT2D eigenvalue weighted by Gasteiger charge is -2.15. The molecule has 0 aromatic heterocycles. The van der Waals surface area contributed by atoms with E-state index in [0.29, 0.717) is 23.7 Å². The highest BCUT2D eigenvalue weighted by molar-refractivity contribution is 5.51. The third kappa shape index (κ3) is 2.79. The fourth-order valence-corrected chi connectivity index (χ4v) is 1.57. The Labute approximate surface area is 95.8 Å². The number of benzene rings is 1. The maximum Gasteiger partial charge on any atom is 0.129 e. The first-order valence-corrected chi connectivity index (χ1v) is 5.09. The van der Waals surface area contributed by atoms with Gasteiger partial charge in [-0.15, -0.1) is 0 Å². The summed E-state index contributed by atoms with van der Waals surface area (Å²) in [4.78, 5) is 0. The number of hydrogen-bond acceptors (Lipinski definition) is 4. The minimum atomic E-state index is -0.448. The number of hydrogen-bond donors (Lipinski definition) is 1. The quantitative estimate of drug-likeness (QED) is 0.829. The van der Waals surface area contributed by atoms with Crippen molar-refractivity contribution in [2.75, 3.05) is 21.3 Å². The van der Waals surface area contributed by atoms with Gasteiger partial charge >= 0.3 is 0 Å². The maximum absolute atomic E-state index is 9.43. The van der Waals surface area contributed by atoms with E-state index in [4.69, 9.17) is 14.2 Å². The summed E-state index contributed by atoms with van der Waals surface area (Å²) in [7, 11) is 4.75. The molecule has 1 atom stereocenters. The minimum absolute atomic E-state index is 0.448. The Morgan fingerprint density at radius 3 is 1.88 bits per heavy atom. The van der Waals surface area contributed by atoms with Crippen molar-refractivity contribution in [3.8, 4) is 17.2 Å². The second-order valence-corrected chi connectivity index (χ2v) is 3.56. The van der Waals surface area contributed by atoms with Crippen LogP contribution in [0.1, 0.15) is 12.5 Å². The van der Waals surface area contributed by atoms with Crippen molar-refractivity contribution in [1.82, 2.24) is 0 Å². The Kier molecular flexibility index (Phi) is 4.43. The molecule has 90 valence electrons. The van der Waals surface area contributed by atoms with Crippen LogP contribution in [0.15, 0.2) is 12.1 Å². The standard InChI is InChI=1S/C12H18O4/c1-8(13)5-10-11(15-3)6-9(14-2)7-12(10)16-4/h6-8,13H,5H2,1-4H3/t8-/m0/s1. The Bertz CT molecular complexity index is 322. The molecular formula is C12H18O4. The molecule has 0 aliphatic carbocycles. The van der Waals surface area contributed by atoms with Crippen molar-refractivity contribution in [2.24, 2.45) is 0 Å². The molecule has 0 bridgehead atoms. The third-order valence-electron chi connectivity index (χ3n) is 2.32. The molecule has 1 aromatic rings. The molecule has 0 spiro atoms. The minimum Gasteiger partial charge on any atom is -0.496 e. The van der Waals surface area contributed by atoms with Crippen molar-refractivity contribution in [3.63, 3.8) is 0 Å². The van der Waals surface area contributed by atoms with E-state index < -0.39 is 6.10 Å². The normalized spacial score (nSPS) is 12.1. The molecule has 0 heterocycles. The highest BCUT2D eigenvalue weighted by Crippen LogP contribution is 2.34. The van der Waals surface area contributed by atoms with Crippen LogP contribution in [0.5, 0.6) is 17.2 Å². The SMILES string of the molecule is COc1cc(OC)c(C[C@H](C)O)c(OC)c1. The van der Waals surface area contributed by atoms with Crippen molar-refractivity contribution < 1.29 is 19.3 Å². The van der Waals surface area contributed by atoms with Crippen LogP contribution in [0, 0.1) is 0 Å². The summed E-state index contributed by atoms with van der Waals surface area (Å²) in [6, 6.07) is 3.56. The molecule has 4 nitrogen and oxygen atoms in total. The largest absolute Gasteiger partial charge is 0.496 e. The van der Waals surface area contributed by atoms with Gasteiger partial charge in [-0.3, -0.25) is 0 Å². The fourth-order valence-electron chi connectivity index (χ4n) is 1.57. The van der Waals surface area contributed by atoms with E-state index in [1.54, 1.807) is 40.4 Å². The number of aliphatic hydroxyl groups excluding tert-OH is 1. The molecule has 0 unspecified atom stereocenters. The summed E-state index contributed by atoms with van der Waals surface area (Å²) in [5.74, 6) is 2.00. The molecule has 16 heavy (non-hydrogen) atoms. The van der Waals surface area contributed by atoms with Gasteiger partial charge in [0.1, 0.15) is 17.2 Å². The van der Waals surface area contributed by atoms with E-state index in [1.165, 1.54) is 0 Å². The van der Waals surface area contributed by atoms with Crippen molar-refractivity contribution >= 4 is 0 Å². The lowest BCUT2D eigenvalue weighted by molar-refractivity contribution is 0.192. The van der Waals surface area contributed by atoms with Crippen LogP contribution in [0.2, 0.25) is 0 Å². The van der Waals surface area contributed by atoms with Gasteiger partial charge in [0.25, 0.3) is 0 Å². The Hall–Kier alpha value is -1.42. The lowest BCUT2D eigenvalue weighted by atomic mass is 10.1. The first kappa shape index (κ1) is 12.6. The van der Waals surface area contributed by atoms with Crippen molar-refractivity contribution in [2.45, 2.75) is 19.4 Å². The van der Waals surface area contributed by atoms with Crippen LogP contribution >= 0.6 is 0 Å². The zero-order chi connectivity index (χ0) is 12.1. The van der Waals surface area contributed by atoms with Gasteiger partial charge in [0.05, 0.1) is 27.4 Å². The van der Waals surface area contributed by atoms with Crippen LogP contribution in [0.25, 0.3) is 0 Å². The van der Waals surface area contributed by atoms with E-state index in [0.717, 1.165) is 5.56 Å². The first-order chi connectivity index (χ1) is 7.62. The summed E-state index contributed by atoms with van der Waals surface area (Å²) in [5.41, 5.74) is 0.848. The number of rotatable bonds is 5. The van der Waals surface area contributed by atoms with Crippen LogP contribution in [0.4, 0.5) is 0 Å². The van der Waals surface area contributed by atoms with Gasteiger partial charge in [-0.1, -0.05) is 0 Å². The predicted molar refractivity (Wildman–Crippen MR) is 61.5 cm³/mol. The van der Waals surface area contributed by atoms with E-state index in [-0.39, 0.29) is 0 Å². The molecule has 0 amide bonds. The Morgan fingerprint density at radius 1 is 1.06 bits per heavy atom. The van der Waals surface area contributed by atoms with Crippen LogP contribution < -0.4 is 14.2 Å². The second-order valence-electron chi connectivity index (χ2n) is 3.56. The summed E-state index contributed by atoms with van der Waals surface area (Å²) in [5, 5.41) is 9.43. The third-order valence-corrected chi connectivity index (χ3v) is 2.32. The average molecular weight is 226 g/mol. The molecule has 1 N–H and O–H groups in total. The van der Waals surface area contributed by atoms with Gasteiger partial charge in [-0.2, -0.15) is 0 Å². The predicted octanol–water partition coefficient (Wildman–Crippen LogP) is 1.64. The monoisotopic (exact) mass is 226 g/mol. The molecule has 0 aliphatic rings. The molecule has 0 saturated heterocycles. The summed E-state index contributed by atoms with van der Waals surface area (Å²) >= 11 is 0. The molecular weight excluding hydrogens is 208 g/mol. The topological polar surface area (TPSA) is 47.9 Å². The zero-order valence-electron chi connectivity index (χ0n) is 10.1. The molecule has 1 aromatic carbocycles. The number of aliphatic hydroxyl groups is 1. The fraction of sp³-hybridized carbons (Fsp3) is 0.500. The van der Waals surface area contributed by atoms with E-state index in [9.17, 15) is 5.11 Å². The summed E-state index contributed by atoms with van der Waals surface area (Å²) in [6.45, 7) is 1.73. The van der Waals surface area contributed by atoms with Gasteiger partial charge in [-0.05, 0) is 6.92 Å². The Morgan fingerprint density at radius 2 is 1.56 bits per heavy atom. The molecule has 1 rings (SSSR count). The van der Waals surface area contributed by atoms with Gasteiger partial charge in [0.15, 0.2) is 0 Å². The second kappa shape index (κ2) is 5.61. The first-order valence-electron chi connectivity index (χ1n) is 5.09.